The second-order valence-corrected chi connectivity index (χ2v) is 4.68. The van der Waals surface area contributed by atoms with Crippen LogP contribution in [0.4, 0.5) is 0 Å². The lowest BCUT2D eigenvalue weighted by molar-refractivity contribution is -0.118. The molecule has 1 saturated carbocycles. The van der Waals surface area contributed by atoms with Gasteiger partial charge in [-0.1, -0.05) is 19.1 Å². The summed E-state index contributed by atoms with van der Waals surface area (Å²) in [7, 11) is 0. The Labute approximate surface area is 85.9 Å². The smallest absolute Gasteiger partial charge is 0.159 e. The number of Topliss-reactive ketones (excluding diaryl/α,β-unsaturated/α-hetero) is 1. The molecule has 0 aliphatic heterocycles. The molecule has 0 aromatic heterocycles. The lowest BCUT2D eigenvalue weighted by atomic mass is 9.64. The molecule has 0 radical (unpaired) electrons. The van der Waals surface area contributed by atoms with Gasteiger partial charge in [0.15, 0.2) is 5.78 Å². The third-order valence-electron chi connectivity index (χ3n) is 3.99. The zero-order valence-electron chi connectivity index (χ0n) is 8.88. The third-order valence-corrected chi connectivity index (χ3v) is 3.99. The summed E-state index contributed by atoms with van der Waals surface area (Å²) in [6.45, 7) is 6.10. The summed E-state index contributed by atoms with van der Waals surface area (Å²) in [5, 5.41) is 0. The molecule has 0 aromatic carbocycles. The van der Waals surface area contributed by atoms with Crippen LogP contribution in [0.2, 0.25) is 0 Å². The van der Waals surface area contributed by atoms with Gasteiger partial charge in [-0.05, 0) is 37.2 Å². The fraction of sp³-hybridized carbons (Fsp3) is 0.615. The van der Waals surface area contributed by atoms with E-state index in [1.54, 1.807) is 0 Å². The van der Waals surface area contributed by atoms with E-state index in [0.717, 1.165) is 31.3 Å². The molecule has 0 heterocycles. The highest BCUT2D eigenvalue weighted by Crippen LogP contribution is 2.53. The van der Waals surface area contributed by atoms with Gasteiger partial charge in [0.2, 0.25) is 0 Å². The molecular formula is C13H18O. The van der Waals surface area contributed by atoms with E-state index in [1.165, 1.54) is 6.42 Å². The van der Waals surface area contributed by atoms with Gasteiger partial charge < -0.3 is 0 Å². The quantitative estimate of drug-likeness (QED) is 0.611. The van der Waals surface area contributed by atoms with Gasteiger partial charge in [0.1, 0.15) is 0 Å². The summed E-state index contributed by atoms with van der Waals surface area (Å²) < 4.78 is 0. The zero-order valence-corrected chi connectivity index (χ0v) is 8.88. The van der Waals surface area contributed by atoms with Crippen LogP contribution in [-0.4, -0.2) is 5.78 Å². The number of ketones is 1. The van der Waals surface area contributed by atoms with Gasteiger partial charge in [-0.15, -0.1) is 6.58 Å². The third kappa shape index (κ3) is 1.18. The van der Waals surface area contributed by atoms with E-state index in [1.807, 2.05) is 6.08 Å². The first-order valence-electron chi connectivity index (χ1n) is 5.55. The Bertz CT molecular complexity index is 300. The molecule has 76 valence electrons. The van der Waals surface area contributed by atoms with Crippen LogP contribution in [0.1, 0.15) is 39.0 Å². The molecule has 1 fully saturated rings. The largest absolute Gasteiger partial charge is 0.295 e. The SMILES string of the molecule is C=CC[C@]12CCCC(=O)C1=CC[C@H]2C. The van der Waals surface area contributed by atoms with Gasteiger partial charge in [-0.3, -0.25) is 4.79 Å². The van der Waals surface area contributed by atoms with Crippen molar-refractivity contribution in [2.24, 2.45) is 11.3 Å². The Balaban J connectivity index is 2.36. The van der Waals surface area contributed by atoms with Crippen molar-refractivity contribution in [3.8, 4) is 0 Å². The Morgan fingerprint density at radius 1 is 1.71 bits per heavy atom. The highest BCUT2D eigenvalue weighted by molar-refractivity contribution is 5.98. The van der Waals surface area contributed by atoms with Crippen LogP contribution in [0, 0.1) is 11.3 Å². The number of carbonyl (C=O) groups excluding carboxylic acids is 1. The number of fused-ring (bicyclic) bond motifs is 1. The molecule has 0 aromatic rings. The predicted molar refractivity (Wildman–Crippen MR) is 58.0 cm³/mol. The predicted octanol–water partition coefficient (Wildman–Crippen LogP) is 3.27. The summed E-state index contributed by atoms with van der Waals surface area (Å²) in [6, 6.07) is 0. The topological polar surface area (TPSA) is 17.1 Å². The summed E-state index contributed by atoms with van der Waals surface area (Å²) >= 11 is 0. The molecule has 0 bridgehead atoms. The van der Waals surface area contributed by atoms with E-state index in [-0.39, 0.29) is 5.41 Å². The normalized spacial score (nSPS) is 36.5. The maximum atomic E-state index is 11.8. The molecule has 0 N–H and O–H groups in total. The number of allylic oxidation sites excluding steroid dienone is 3. The van der Waals surface area contributed by atoms with Crippen molar-refractivity contribution < 1.29 is 4.79 Å². The highest BCUT2D eigenvalue weighted by atomic mass is 16.1. The van der Waals surface area contributed by atoms with Crippen LogP contribution in [0.25, 0.3) is 0 Å². The monoisotopic (exact) mass is 190 g/mol. The summed E-state index contributed by atoms with van der Waals surface area (Å²) in [4.78, 5) is 11.8. The molecule has 0 unspecified atom stereocenters. The van der Waals surface area contributed by atoms with E-state index in [2.05, 4.69) is 19.6 Å². The first-order valence-corrected chi connectivity index (χ1v) is 5.55. The maximum absolute atomic E-state index is 11.8. The van der Waals surface area contributed by atoms with Gasteiger partial charge in [0, 0.05) is 11.8 Å². The summed E-state index contributed by atoms with van der Waals surface area (Å²) in [5.41, 5.74) is 1.29. The molecule has 2 rings (SSSR count). The summed E-state index contributed by atoms with van der Waals surface area (Å²) in [5.74, 6) is 1.02. The number of rotatable bonds is 2. The molecule has 2 atom stereocenters. The fourth-order valence-corrected chi connectivity index (χ4v) is 3.13. The van der Waals surface area contributed by atoms with Crippen LogP contribution in [0.15, 0.2) is 24.3 Å². The van der Waals surface area contributed by atoms with Crippen LogP contribution >= 0.6 is 0 Å². The van der Waals surface area contributed by atoms with Gasteiger partial charge >= 0.3 is 0 Å². The van der Waals surface area contributed by atoms with Crippen molar-refractivity contribution in [3.05, 3.63) is 24.3 Å². The Morgan fingerprint density at radius 3 is 3.21 bits per heavy atom. The number of hydrogen-bond donors (Lipinski definition) is 0. The lowest BCUT2D eigenvalue weighted by Crippen LogP contribution is -2.33. The zero-order chi connectivity index (χ0) is 10.2. The van der Waals surface area contributed by atoms with Gasteiger partial charge in [0.05, 0.1) is 0 Å². The van der Waals surface area contributed by atoms with Crippen LogP contribution < -0.4 is 0 Å². The van der Waals surface area contributed by atoms with Crippen molar-refractivity contribution in [3.63, 3.8) is 0 Å². The van der Waals surface area contributed by atoms with Crippen LogP contribution in [0.3, 0.4) is 0 Å². The lowest BCUT2D eigenvalue weighted by Gasteiger charge is -2.39. The molecule has 2 aliphatic carbocycles. The Hall–Kier alpha value is -0.850. The van der Waals surface area contributed by atoms with E-state index < -0.39 is 0 Å². The molecule has 14 heavy (non-hydrogen) atoms. The standard InChI is InChI=1S/C13H18O/c1-3-8-13-9-4-5-12(14)11(13)7-6-10(13)2/h3,7,10H,1,4-6,8-9H2,2H3/t10-,13-/m1/s1. The molecule has 1 heteroatoms. The van der Waals surface area contributed by atoms with Crippen molar-refractivity contribution in [1.82, 2.24) is 0 Å². The first kappa shape index (κ1) is 9.70. The second-order valence-electron chi connectivity index (χ2n) is 4.68. The van der Waals surface area contributed by atoms with E-state index in [4.69, 9.17) is 0 Å². The summed E-state index contributed by atoms with van der Waals surface area (Å²) in [6.07, 6.45) is 9.22. The highest BCUT2D eigenvalue weighted by Gasteiger charge is 2.46. The fourth-order valence-electron chi connectivity index (χ4n) is 3.13. The van der Waals surface area contributed by atoms with Gasteiger partial charge in [0.25, 0.3) is 0 Å². The van der Waals surface area contributed by atoms with Crippen molar-refractivity contribution in [2.75, 3.05) is 0 Å². The maximum Gasteiger partial charge on any atom is 0.159 e. The van der Waals surface area contributed by atoms with E-state index in [9.17, 15) is 4.79 Å². The minimum Gasteiger partial charge on any atom is -0.295 e. The Morgan fingerprint density at radius 2 is 2.50 bits per heavy atom. The van der Waals surface area contributed by atoms with Crippen molar-refractivity contribution in [1.29, 1.82) is 0 Å². The van der Waals surface area contributed by atoms with Crippen molar-refractivity contribution >= 4 is 5.78 Å². The van der Waals surface area contributed by atoms with Gasteiger partial charge in [-0.2, -0.15) is 0 Å². The number of carbonyl (C=O) groups is 1. The molecule has 1 nitrogen and oxygen atoms in total. The average Bonchev–Trinajstić information content (AvgIpc) is 2.47. The van der Waals surface area contributed by atoms with E-state index >= 15 is 0 Å². The average molecular weight is 190 g/mol. The Kier molecular flexibility index (Phi) is 2.34. The molecule has 0 saturated heterocycles. The minimum atomic E-state index is 0.164. The van der Waals surface area contributed by atoms with Crippen molar-refractivity contribution in [2.45, 2.75) is 39.0 Å². The van der Waals surface area contributed by atoms with Crippen LogP contribution in [0.5, 0.6) is 0 Å². The molecule has 2 aliphatic rings. The van der Waals surface area contributed by atoms with E-state index in [0.29, 0.717) is 11.7 Å². The van der Waals surface area contributed by atoms with Gasteiger partial charge in [-0.25, -0.2) is 0 Å². The molecular weight excluding hydrogens is 172 g/mol. The second kappa shape index (κ2) is 3.38. The molecule has 0 spiro atoms. The minimum absolute atomic E-state index is 0.164. The van der Waals surface area contributed by atoms with Crippen LogP contribution in [-0.2, 0) is 4.79 Å². The first-order chi connectivity index (χ1) is 6.70. The number of hydrogen-bond acceptors (Lipinski definition) is 1. The molecule has 0 amide bonds.